The Morgan fingerprint density at radius 1 is 1.26 bits per heavy atom. The van der Waals surface area contributed by atoms with Gasteiger partial charge < -0.3 is 15.1 Å². The first-order chi connectivity index (χ1) is 10.7. The quantitative estimate of drug-likeness (QED) is 0.296. The molecule has 6 heteroatoms. The molecule has 0 aliphatic heterocycles. The second-order valence-electron chi connectivity index (χ2n) is 6.16. The van der Waals surface area contributed by atoms with Gasteiger partial charge in [0.05, 0.1) is 5.69 Å². The maximum Gasteiger partial charge on any atom is 0.216 e. The molecule has 5 nitrogen and oxygen atoms in total. The number of nitrogens with zero attached hydrogens (tertiary/aromatic N) is 2. The van der Waals surface area contributed by atoms with Crippen LogP contribution in [-0.4, -0.2) is 24.0 Å². The minimum atomic E-state index is 0. The van der Waals surface area contributed by atoms with Crippen molar-refractivity contribution in [3.05, 3.63) is 17.3 Å². The molecule has 2 rings (SSSR count). The molecule has 1 saturated carbocycles. The van der Waals surface area contributed by atoms with Crippen LogP contribution in [-0.2, 0) is 6.54 Å². The highest BCUT2D eigenvalue weighted by atomic mass is 127. The standard InChI is InChI=1S/C17H30N4O.HI/c1-4-18-17(19-11-7-10-15-8-5-6-9-15)20-12-16-21-13(2)14(3)22-16;/h15H,4-12H2,1-3H3,(H2,18,19,20);1H. The third-order valence-corrected chi connectivity index (χ3v) is 4.35. The first kappa shape index (κ1) is 20.3. The van der Waals surface area contributed by atoms with Crippen LogP contribution >= 0.6 is 24.0 Å². The zero-order valence-corrected chi connectivity index (χ0v) is 17.0. The predicted octanol–water partition coefficient (Wildman–Crippen LogP) is 3.93. The van der Waals surface area contributed by atoms with E-state index in [1.54, 1.807) is 0 Å². The summed E-state index contributed by atoms with van der Waals surface area (Å²) in [6, 6.07) is 0. The molecule has 1 heterocycles. The lowest BCUT2D eigenvalue weighted by Crippen LogP contribution is -2.37. The fourth-order valence-electron chi connectivity index (χ4n) is 2.99. The van der Waals surface area contributed by atoms with Gasteiger partial charge >= 0.3 is 0 Å². The number of aryl methyl sites for hydroxylation is 2. The number of aromatic nitrogens is 1. The molecule has 23 heavy (non-hydrogen) atoms. The second-order valence-corrected chi connectivity index (χ2v) is 6.16. The van der Waals surface area contributed by atoms with E-state index in [1.807, 2.05) is 13.8 Å². The second kappa shape index (κ2) is 10.9. The number of halogens is 1. The summed E-state index contributed by atoms with van der Waals surface area (Å²) in [4.78, 5) is 8.91. The molecule has 132 valence electrons. The molecule has 1 aromatic heterocycles. The van der Waals surface area contributed by atoms with E-state index in [2.05, 4.69) is 27.5 Å². The van der Waals surface area contributed by atoms with Crippen LogP contribution < -0.4 is 10.6 Å². The van der Waals surface area contributed by atoms with Crippen LogP contribution in [0, 0.1) is 19.8 Å². The molecule has 0 radical (unpaired) electrons. The molecule has 1 aromatic rings. The minimum absolute atomic E-state index is 0. The topological polar surface area (TPSA) is 62.5 Å². The largest absolute Gasteiger partial charge is 0.444 e. The number of rotatable bonds is 7. The lowest BCUT2D eigenvalue weighted by atomic mass is 10.0. The van der Waals surface area contributed by atoms with Gasteiger partial charge in [-0.3, -0.25) is 0 Å². The van der Waals surface area contributed by atoms with Gasteiger partial charge in [-0.1, -0.05) is 25.7 Å². The van der Waals surface area contributed by atoms with Crippen molar-refractivity contribution in [1.82, 2.24) is 15.6 Å². The van der Waals surface area contributed by atoms with Crippen molar-refractivity contribution in [3.63, 3.8) is 0 Å². The van der Waals surface area contributed by atoms with E-state index < -0.39 is 0 Å². The van der Waals surface area contributed by atoms with E-state index in [1.165, 1.54) is 38.5 Å². The molecular weight excluding hydrogens is 403 g/mol. The lowest BCUT2D eigenvalue weighted by Gasteiger charge is -2.12. The smallest absolute Gasteiger partial charge is 0.216 e. The number of hydrogen-bond acceptors (Lipinski definition) is 3. The van der Waals surface area contributed by atoms with Crippen LogP contribution in [0.4, 0.5) is 0 Å². The van der Waals surface area contributed by atoms with E-state index in [4.69, 9.17) is 4.42 Å². The molecule has 2 N–H and O–H groups in total. The summed E-state index contributed by atoms with van der Waals surface area (Å²) in [5.74, 6) is 3.36. The van der Waals surface area contributed by atoms with Gasteiger partial charge in [0, 0.05) is 13.1 Å². The Morgan fingerprint density at radius 2 is 2.00 bits per heavy atom. The summed E-state index contributed by atoms with van der Waals surface area (Å²) in [6.45, 7) is 8.28. The zero-order valence-electron chi connectivity index (χ0n) is 14.7. The molecule has 1 fully saturated rings. The van der Waals surface area contributed by atoms with Crippen LogP contribution in [0.3, 0.4) is 0 Å². The number of guanidine groups is 1. The van der Waals surface area contributed by atoms with Gasteiger partial charge in [-0.25, -0.2) is 9.98 Å². The molecule has 0 spiro atoms. The first-order valence-corrected chi connectivity index (χ1v) is 8.64. The van der Waals surface area contributed by atoms with Crippen molar-refractivity contribution >= 4 is 29.9 Å². The van der Waals surface area contributed by atoms with Crippen molar-refractivity contribution in [2.24, 2.45) is 10.9 Å². The van der Waals surface area contributed by atoms with Crippen LogP contribution in [0.15, 0.2) is 9.41 Å². The number of hydrogen-bond donors (Lipinski definition) is 2. The normalized spacial score (nSPS) is 15.5. The van der Waals surface area contributed by atoms with Gasteiger partial charge in [0.15, 0.2) is 5.96 Å². The van der Waals surface area contributed by atoms with Crippen molar-refractivity contribution in [1.29, 1.82) is 0 Å². The molecule has 0 aromatic carbocycles. The highest BCUT2D eigenvalue weighted by Gasteiger charge is 2.14. The van der Waals surface area contributed by atoms with Crippen molar-refractivity contribution in [2.45, 2.75) is 65.8 Å². The van der Waals surface area contributed by atoms with Crippen LogP contribution in [0.2, 0.25) is 0 Å². The Balaban J connectivity index is 0.00000264. The molecule has 0 unspecified atom stereocenters. The summed E-state index contributed by atoms with van der Waals surface area (Å²) >= 11 is 0. The summed E-state index contributed by atoms with van der Waals surface area (Å²) < 4.78 is 5.56. The van der Waals surface area contributed by atoms with Crippen molar-refractivity contribution in [3.8, 4) is 0 Å². The van der Waals surface area contributed by atoms with Gasteiger partial charge in [0.1, 0.15) is 12.3 Å². The van der Waals surface area contributed by atoms with Gasteiger partial charge in [-0.05, 0) is 39.5 Å². The molecule has 0 amide bonds. The summed E-state index contributed by atoms with van der Waals surface area (Å²) in [5.41, 5.74) is 0.944. The number of oxazole rings is 1. The lowest BCUT2D eigenvalue weighted by molar-refractivity contribution is 0.471. The minimum Gasteiger partial charge on any atom is -0.444 e. The number of aliphatic imine (C=N–C) groups is 1. The highest BCUT2D eigenvalue weighted by Crippen LogP contribution is 2.28. The Hall–Kier alpha value is -0.790. The van der Waals surface area contributed by atoms with Gasteiger partial charge in [0.25, 0.3) is 0 Å². The fourth-order valence-corrected chi connectivity index (χ4v) is 2.99. The zero-order chi connectivity index (χ0) is 15.8. The van der Waals surface area contributed by atoms with Gasteiger partial charge in [-0.15, -0.1) is 24.0 Å². The Labute approximate surface area is 157 Å². The SMILES string of the molecule is CCNC(=NCc1nc(C)c(C)o1)NCCCC1CCCC1.I. The molecule has 1 aliphatic carbocycles. The van der Waals surface area contributed by atoms with Gasteiger partial charge in [-0.2, -0.15) is 0 Å². The molecule has 0 saturated heterocycles. The van der Waals surface area contributed by atoms with Crippen LogP contribution in [0.25, 0.3) is 0 Å². The predicted molar refractivity (Wildman–Crippen MR) is 105 cm³/mol. The summed E-state index contributed by atoms with van der Waals surface area (Å²) in [6.07, 6.45) is 8.26. The van der Waals surface area contributed by atoms with E-state index >= 15 is 0 Å². The number of nitrogens with one attached hydrogen (secondary N) is 2. The molecule has 1 aliphatic rings. The third-order valence-electron chi connectivity index (χ3n) is 4.35. The third kappa shape index (κ3) is 7.10. The Morgan fingerprint density at radius 3 is 2.61 bits per heavy atom. The monoisotopic (exact) mass is 434 g/mol. The maximum atomic E-state index is 5.56. The van der Waals surface area contributed by atoms with E-state index in [0.717, 1.165) is 36.4 Å². The fraction of sp³-hybridized carbons (Fsp3) is 0.765. The Bertz CT molecular complexity index is 461. The average Bonchev–Trinajstić information content (AvgIpc) is 3.11. The molecule has 0 bridgehead atoms. The molecule has 0 atom stereocenters. The Kier molecular flexibility index (Phi) is 9.59. The average molecular weight is 434 g/mol. The van der Waals surface area contributed by atoms with E-state index in [-0.39, 0.29) is 24.0 Å². The summed E-state index contributed by atoms with van der Waals surface area (Å²) in [5, 5.41) is 6.68. The summed E-state index contributed by atoms with van der Waals surface area (Å²) in [7, 11) is 0. The van der Waals surface area contributed by atoms with E-state index in [9.17, 15) is 0 Å². The van der Waals surface area contributed by atoms with Crippen LogP contribution in [0.1, 0.15) is 62.8 Å². The van der Waals surface area contributed by atoms with Crippen molar-refractivity contribution < 1.29 is 4.42 Å². The highest BCUT2D eigenvalue weighted by molar-refractivity contribution is 14.0. The van der Waals surface area contributed by atoms with Crippen LogP contribution in [0.5, 0.6) is 0 Å². The van der Waals surface area contributed by atoms with E-state index in [0.29, 0.717) is 12.4 Å². The maximum absolute atomic E-state index is 5.56. The van der Waals surface area contributed by atoms with Crippen molar-refractivity contribution in [2.75, 3.05) is 13.1 Å². The van der Waals surface area contributed by atoms with Gasteiger partial charge in [0.2, 0.25) is 5.89 Å². The first-order valence-electron chi connectivity index (χ1n) is 8.64. The molecular formula is C17H31IN4O.